The Morgan fingerprint density at radius 2 is 2.00 bits per heavy atom. The van der Waals surface area contributed by atoms with Crippen molar-refractivity contribution in [3.05, 3.63) is 34.9 Å². The zero-order chi connectivity index (χ0) is 16.7. The van der Waals surface area contributed by atoms with Crippen LogP contribution in [-0.2, 0) is 15.3 Å². The third-order valence-electron chi connectivity index (χ3n) is 4.96. The Hall–Kier alpha value is -1.27. The maximum Gasteiger partial charge on any atom is 0.317 e. The van der Waals surface area contributed by atoms with Crippen LogP contribution in [0.15, 0.2) is 24.3 Å². The van der Waals surface area contributed by atoms with Crippen molar-refractivity contribution in [2.24, 2.45) is 0 Å². The van der Waals surface area contributed by atoms with Gasteiger partial charge in [0.25, 0.3) is 0 Å². The maximum atomic E-state index is 12.3. The first-order valence-electron chi connectivity index (χ1n) is 7.78. The molecule has 1 aromatic carbocycles. The van der Waals surface area contributed by atoms with Gasteiger partial charge in [0.1, 0.15) is 0 Å². The van der Waals surface area contributed by atoms with Crippen LogP contribution in [0, 0.1) is 0 Å². The van der Waals surface area contributed by atoms with E-state index in [0.717, 1.165) is 12.8 Å². The molecular weight excluding hydrogens is 336 g/mol. The van der Waals surface area contributed by atoms with Gasteiger partial charge in [-0.1, -0.05) is 23.7 Å². The first kappa shape index (κ1) is 16.6. The number of hydrogen-bond acceptors (Lipinski definition) is 3. The summed E-state index contributed by atoms with van der Waals surface area (Å²) < 4.78 is 23.1. The number of rotatable bonds is 4. The highest BCUT2D eigenvalue weighted by atomic mass is 35.5. The van der Waals surface area contributed by atoms with Crippen molar-refractivity contribution in [2.45, 2.75) is 30.7 Å². The van der Waals surface area contributed by atoms with Crippen LogP contribution in [0.5, 0.6) is 0 Å². The molecule has 0 radical (unpaired) electrons. The molecule has 0 aromatic heterocycles. The highest BCUT2D eigenvalue weighted by Gasteiger charge is 2.44. The summed E-state index contributed by atoms with van der Waals surface area (Å²) in [5, 5.41) is 3.67. The van der Waals surface area contributed by atoms with Crippen LogP contribution in [0.4, 0.5) is 4.79 Å². The smallest absolute Gasteiger partial charge is 0.317 e. The van der Waals surface area contributed by atoms with Gasteiger partial charge < -0.3 is 10.2 Å². The summed E-state index contributed by atoms with van der Waals surface area (Å²) in [4.78, 5) is 13.8. The Bertz CT molecular complexity index is 699. The van der Waals surface area contributed by atoms with Gasteiger partial charge in [-0.15, -0.1) is 0 Å². The van der Waals surface area contributed by atoms with E-state index in [1.54, 1.807) is 7.05 Å². The quantitative estimate of drug-likeness (QED) is 0.899. The van der Waals surface area contributed by atoms with Crippen LogP contribution in [0.1, 0.15) is 24.8 Å². The lowest BCUT2D eigenvalue weighted by Crippen LogP contribution is -2.46. The van der Waals surface area contributed by atoms with Gasteiger partial charge in [0, 0.05) is 30.1 Å². The second kappa shape index (κ2) is 5.98. The highest BCUT2D eigenvalue weighted by molar-refractivity contribution is 7.91. The average molecular weight is 357 g/mol. The predicted octanol–water partition coefficient (Wildman–Crippen LogP) is 2.20. The zero-order valence-electron chi connectivity index (χ0n) is 13.1. The molecule has 1 aliphatic heterocycles. The first-order valence-corrected chi connectivity index (χ1v) is 9.98. The van der Waals surface area contributed by atoms with Crippen molar-refractivity contribution < 1.29 is 13.2 Å². The lowest BCUT2D eigenvalue weighted by atomic mass is 9.96. The maximum absolute atomic E-state index is 12.3. The lowest BCUT2D eigenvalue weighted by Gasteiger charge is -2.25. The summed E-state index contributed by atoms with van der Waals surface area (Å²) in [6, 6.07) is 7.34. The monoisotopic (exact) mass is 356 g/mol. The topological polar surface area (TPSA) is 66.5 Å². The third kappa shape index (κ3) is 3.63. The van der Waals surface area contributed by atoms with E-state index < -0.39 is 9.84 Å². The van der Waals surface area contributed by atoms with E-state index in [1.165, 1.54) is 10.5 Å². The molecule has 1 unspecified atom stereocenters. The van der Waals surface area contributed by atoms with E-state index in [-0.39, 0.29) is 29.0 Å². The van der Waals surface area contributed by atoms with E-state index >= 15 is 0 Å². The minimum Gasteiger partial charge on any atom is -0.337 e. The van der Waals surface area contributed by atoms with E-state index in [4.69, 9.17) is 11.6 Å². The Labute approximate surface area is 141 Å². The summed E-state index contributed by atoms with van der Waals surface area (Å²) in [7, 11) is -1.32. The van der Waals surface area contributed by atoms with Crippen molar-refractivity contribution >= 4 is 27.5 Å². The van der Waals surface area contributed by atoms with Gasteiger partial charge in [0.2, 0.25) is 0 Å². The molecule has 126 valence electrons. The molecule has 3 rings (SSSR count). The van der Waals surface area contributed by atoms with Gasteiger partial charge in [-0.2, -0.15) is 0 Å². The molecule has 23 heavy (non-hydrogen) atoms. The van der Waals surface area contributed by atoms with E-state index in [0.29, 0.717) is 18.0 Å². The number of amides is 2. The van der Waals surface area contributed by atoms with Gasteiger partial charge in [-0.3, -0.25) is 0 Å². The van der Waals surface area contributed by atoms with E-state index in [1.807, 2.05) is 24.3 Å². The van der Waals surface area contributed by atoms with E-state index in [9.17, 15) is 13.2 Å². The van der Waals surface area contributed by atoms with Crippen LogP contribution >= 0.6 is 11.6 Å². The summed E-state index contributed by atoms with van der Waals surface area (Å²) in [5.41, 5.74) is 1.19. The molecule has 2 amide bonds. The average Bonchev–Trinajstić information content (AvgIpc) is 3.22. The Kier molecular flexibility index (Phi) is 4.31. The molecule has 2 fully saturated rings. The molecule has 0 bridgehead atoms. The fourth-order valence-corrected chi connectivity index (χ4v) is 5.04. The van der Waals surface area contributed by atoms with Crippen molar-refractivity contribution in [1.82, 2.24) is 10.2 Å². The van der Waals surface area contributed by atoms with Crippen LogP contribution < -0.4 is 5.32 Å². The number of sulfone groups is 1. The standard InChI is InChI=1S/C16H21ClN2O3S/c1-19(14-6-9-23(21,22)10-14)15(20)18-11-16(7-8-16)12-2-4-13(17)5-3-12/h2-5,14H,6-11H2,1H3,(H,18,20). The molecular formula is C16H21ClN2O3S. The molecule has 5 nitrogen and oxygen atoms in total. The number of nitrogens with one attached hydrogen (secondary N) is 1. The molecule has 1 atom stereocenters. The van der Waals surface area contributed by atoms with Gasteiger partial charge in [0.05, 0.1) is 11.5 Å². The Balaban J connectivity index is 1.58. The number of carbonyl (C=O) groups excluding carboxylic acids is 1. The Morgan fingerprint density at radius 3 is 2.52 bits per heavy atom. The minimum atomic E-state index is -2.99. The second-order valence-electron chi connectivity index (χ2n) is 6.61. The molecule has 0 spiro atoms. The minimum absolute atomic E-state index is 0.00282. The van der Waals surface area contributed by atoms with Gasteiger partial charge in [-0.05, 0) is 37.0 Å². The fourth-order valence-electron chi connectivity index (χ4n) is 3.14. The van der Waals surface area contributed by atoms with Crippen molar-refractivity contribution in [1.29, 1.82) is 0 Å². The van der Waals surface area contributed by atoms with Crippen molar-refractivity contribution in [3.8, 4) is 0 Å². The first-order chi connectivity index (χ1) is 10.8. The highest BCUT2D eigenvalue weighted by Crippen LogP contribution is 2.47. The van der Waals surface area contributed by atoms with Crippen molar-refractivity contribution in [3.63, 3.8) is 0 Å². The molecule has 1 aromatic rings. The number of urea groups is 1. The number of nitrogens with zero attached hydrogens (tertiary/aromatic N) is 1. The zero-order valence-corrected chi connectivity index (χ0v) is 14.7. The molecule has 2 aliphatic rings. The normalized spacial score (nSPS) is 24.2. The van der Waals surface area contributed by atoms with Gasteiger partial charge in [0.15, 0.2) is 9.84 Å². The van der Waals surface area contributed by atoms with Crippen molar-refractivity contribution in [2.75, 3.05) is 25.1 Å². The number of carbonyl (C=O) groups is 1. The van der Waals surface area contributed by atoms with Crippen LogP contribution in [0.2, 0.25) is 5.02 Å². The largest absolute Gasteiger partial charge is 0.337 e. The Morgan fingerprint density at radius 1 is 1.35 bits per heavy atom. The van der Waals surface area contributed by atoms with Gasteiger partial charge >= 0.3 is 6.03 Å². The molecule has 7 heteroatoms. The number of hydrogen-bond donors (Lipinski definition) is 1. The molecule has 1 saturated carbocycles. The van der Waals surface area contributed by atoms with Crippen LogP contribution in [0.25, 0.3) is 0 Å². The summed E-state index contributed by atoms with van der Waals surface area (Å²) in [6.07, 6.45) is 2.60. The number of halogens is 1. The summed E-state index contributed by atoms with van der Waals surface area (Å²) in [6.45, 7) is 0.567. The fraction of sp³-hybridized carbons (Fsp3) is 0.562. The number of benzene rings is 1. The van der Waals surface area contributed by atoms with Crippen LogP contribution in [0.3, 0.4) is 0 Å². The second-order valence-corrected chi connectivity index (χ2v) is 9.28. The predicted molar refractivity (Wildman–Crippen MR) is 90.6 cm³/mol. The summed E-state index contributed by atoms with van der Waals surface area (Å²) in [5.74, 6) is 0.239. The van der Waals surface area contributed by atoms with Gasteiger partial charge in [-0.25, -0.2) is 13.2 Å². The van der Waals surface area contributed by atoms with E-state index in [2.05, 4.69) is 5.32 Å². The molecule has 1 N–H and O–H groups in total. The lowest BCUT2D eigenvalue weighted by molar-refractivity contribution is 0.194. The molecule has 1 heterocycles. The SMILES string of the molecule is CN(C(=O)NCC1(c2ccc(Cl)cc2)CC1)C1CCS(=O)(=O)C1. The van der Waals surface area contributed by atoms with Crippen LogP contribution in [-0.4, -0.2) is 50.5 Å². The molecule has 1 aliphatic carbocycles. The third-order valence-corrected chi connectivity index (χ3v) is 6.97. The summed E-state index contributed by atoms with van der Waals surface area (Å²) >= 11 is 5.92. The molecule has 1 saturated heterocycles.